The van der Waals surface area contributed by atoms with E-state index < -0.39 is 124 Å². The molecule has 0 aromatic heterocycles. The van der Waals surface area contributed by atoms with E-state index in [0.717, 1.165) is 32.7 Å². The summed E-state index contributed by atoms with van der Waals surface area (Å²) in [6.07, 6.45) is -3.37. The molecule has 0 radical (unpaired) electrons. The van der Waals surface area contributed by atoms with Crippen LogP contribution in [0, 0.1) is 23.7 Å². The van der Waals surface area contributed by atoms with Crippen LogP contribution in [0.25, 0.3) is 21.5 Å². The van der Waals surface area contributed by atoms with Crippen molar-refractivity contribution in [2.45, 2.75) is 141 Å². The second-order valence-electron chi connectivity index (χ2n) is 23.9. The van der Waals surface area contributed by atoms with Gasteiger partial charge in [0.05, 0.1) is 44.9 Å². The van der Waals surface area contributed by atoms with Gasteiger partial charge in [-0.1, -0.05) is 173 Å². The summed E-state index contributed by atoms with van der Waals surface area (Å²) in [6, 6.07) is 39.7. The van der Waals surface area contributed by atoms with E-state index in [0.29, 0.717) is 11.1 Å². The molecular weight excluding hydrogens is 1050 g/mol. The fourth-order valence-corrected chi connectivity index (χ4v) is 12.4. The molecule has 0 bridgehead atoms. The van der Waals surface area contributed by atoms with Crippen LogP contribution < -0.4 is 21.3 Å². The first kappa shape index (κ1) is 62.7. The van der Waals surface area contributed by atoms with Crippen LogP contribution >= 0.6 is 0 Å². The molecule has 0 fully saturated rings. The van der Waals surface area contributed by atoms with Crippen LogP contribution in [-0.4, -0.2) is 108 Å². The summed E-state index contributed by atoms with van der Waals surface area (Å²) in [7, 11) is -7.70. The van der Waals surface area contributed by atoms with Gasteiger partial charge in [0, 0.05) is 0 Å². The maximum atomic E-state index is 14.7. The Kier molecular flexibility index (Phi) is 21.1. The van der Waals surface area contributed by atoms with Gasteiger partial charge in [0.25, 0.3) is 0 Å². The highest BCUT2D eigenvalue weighted by atomic mass is 32.2. The number of benzene rings is 6. The Labute approximate surface area is 473 Å². The van der Waals surface area contributed by atoms with Crippen molar-refractivity contribution in [3.8, 4) is 0 Å². The third-order valence-corrected chi connectivity index (χ3v) is 20.5. The standard InChI is InChI=1S/C64H82N4O10S2/c1-41(2)55(67-59(71)49(39-79(75,76)63(5,6)7)37-47-31-21-29-45-27-17-19-33-51(45)47)61(73)65-53(35-43-23-13-11-14-24-43)57(69)58(70)54(36-44-25-15-12-16-26-44)66-62(74)56(42(3)4)68-60(72)50(40-80(77,78)64(8,9)10)38-48-32-22-30-46-28-18-20-34-52(46)48/h11-34,41-42,49-50,53-58,69-70H,35-40H2,1-10H3,(H,65,73)(H,66,74)(H,67,71)(H,68,72)/t49-,50?,53?,54?,55?,56-,57?,58?/m0/s1. The zero-order chi connectivity index (χ0) is 58.7. The quantitative estimate of drug-likeness (QED) is 0.0325. The Morgan fingerprint density at radius 2 is 0.725 bits per heavy atom. The predicted octanol–water partition coefficient (Wildman–Crippen LogP) is 7.90. The third kappa shape index (κ3) is 16.4. The first-order chi connectivity index (χ1) is 37.6. The zero-order valence-electron chi connectivity index (χ0n) is 47.8. The second kappa shape index (κ2) is 26.9. The molecule has 14 nitrogen and oxygen atoms in total. The van der Waals surface area contributed by atoms with Crippen LogP contribution in [0.3, 0.4) is 0 Å². The number of nitrogens with one attached hydrogen (secondary N) is 4. The molecule has 6 unspecified atom stereocenters. The van der Waals surface area contributed by atoms with Crippen molar-refractivity contribution in [1.29, 1.82) is 0 Å². The molecule has 6 N–H and O–H groups in total. The van der Waals surface area contributed by atoms with Crippen LogP contribution in [0.15, 0.2) is 146 Å². The van der Waals surface area contributed by atoms with Crippen molar-refractivity contribution in [2.75, 3.05) is 11.5 Å². The van der Waals surface area contributed by atoms with Crippen molar-refractivity contribution in [3.05, 3.63) is 168 Å². The van der Waals surface area contributed by atoms with Gasteiger partial charge in [0.2, 0.25) is 23.6 Å². The Balaban J connectivity index is 1.29. The Morgan fingerprint density at radius 1 is 0.412 bits per heavy atom. The summed E-state index contributed by atoms with van der Waals surface area (Å²) in [6.45, 7) is 16.4. The van der Waals surface area contributed by atoms with Crippen LogP contribution in [-0.2, 0) is 64.5 Å². The average molecular weight is 1130 g/mol. The smallest absolute Gasteiger partial charge is 0.243 e. The molecule has 4 amide bonds. The highest BCUT2D eigenvalue weighted by molar-refractivity contribution is 7.93. The van der Waals surface area contributed by atoms with Gasteiger partial charge in [-0.15, -0.1) is 0 Å². The van der Waals surface area contributed by atoms with E-state index in [9.17, 15) is 46.2 Å². The maximum absolute atomic E-state index is 14.7. The van der Waals surface area contributed by atoms with Gasteiger partial charge in [-0.3, -0.25) is 19.2 Å². The van der Waals surface area contributed by atoms with Crippen LogP contribution in [0.2, 0.25) is 0 Å². The molecular formula is C64H82N4O10S2. The summed E-state index contributed by atoms with van der Waals surface area (Å²) in [5, 5.41) is 40.1. The van der Waals surface area contributed by atoms with Crippen molar-refractivity contribution in [2.24, 2.45) is 23.7 Å². The van der Waals surface area contributed by atoms with Gasteiger partial charge in [0.15, 0.2) is 19.7 Å². The molecule has 430 valence electrons. The topological polar surface area (TPSA) is 225 Å². The molecule has 0 aliphatic rings. The highest BCUT2D eigenvalue weighted by Crippen LogP contribution is 2.28. The van der Waals surface area contributed by atoms with E-state index in [1.165, 1.54) is 0 Å². The van der Waals surface area contributed by atoms with Gasteiger partial charge >= 0.3 is 0 Å². The largest absolute Gasteiger partial charge is 0.388 e. The first-order valence-electron chi connectivity index (χ1n) is 27.6. The van der Waals surface area contributed by atoms with E-state index in [-0.39, 0.29) is 25.7 Å². The van der Waals surface area contributed by atoms with E-state index in [2.05, 4.69) is 21.3 Å². The lowest BCUT2D eigenvalue weighted by atomic mass is 9.90. The molecule has 0 saturated carbocycles. The number of fused-ring (bicyclic) bond motifs is 2. The first-order valence-corrected chi connectivity index (χ1v) is 30.9. The molecule has 6 aromatic carbocycles. The van der Waals surface area contributed by atoms with Crippen molar-refractivity contribution >= 4 is 64.8 Å². The van der Waals surface area contributed by atoms with Gasteiger partial charge in [-0.05, 0) is 123 Å². The minimum Gasteiger partial charge on any atom is -0.388 e. The minimum atomic E-state index is -3.85. The van der Waals surface area contributed by atoms with E-state index in [1.54, 1.807) is 118 Å². The predicted molar refractivity (Wildman–Crippen MR) is 319 cm³/mol. The van der Waals surface area contributed by atoms with Crippen molar-refractivity contribution < 1.29 is 46.2 Å². The molecule has 8 atom stereocenters. The number of rotatable bonds is 25. The van der Waals surface area contributed by atoms with Crippen LogP contribution in [0.1, 0.15) is 91.5 Å². The molecule has 0 aliphatic carbocycles. The van der Waals surface area contributed by atoms with Crippen LogP contribution in [0.5, 0.6) is 0 Å². The summed E-state index contributed by atoms with van der Waals surface area (Å²) in [4.78, 5) is 58.7. The third-order valence-electron chi connectivity index (χ3n) is 15.1. The number of aliphatic hydroxyl groups is 2. The second-order valence-corrected chi connectivity index (χ2v) is 29.5. The molecule has 0 aliphatic heterocycles. The van der Waals surface area contributed by atoms with Crippen molar-refractivity contribution in [1.82, 2.24) is 21.3 Å². The number of carbonyl (C=O) groups is 4. The number of aliphatic hydroxyl groups excluding tert-OH is 2. The molecule has 0 spiro atoms. The van der Waals surface area contributed by atoms with E-state index in [1.807, 2.05) is 97.1 Å². The number of sulfone groups is 2. The SMILES string of the molecule is CC(C)C(NC(=O)[C@@H](Cc1cccc2ccccc12)CS(=O)(=O)C(C)(C)C)C(=O)NC(Cc1ccccc1)C(O)C(O)C(Cc1ccccc1)NC(=O)[C@@H](NC(=O)C(Cc1cccc2ccccc12)CS(=O)(=O)C(C)(C)C)C(C)C. The van der Waals surface area contributed by atoms with E-state index >= 15 is 0 Å². The number of carbonyl (C=O) groups excluding carboxylic acids is 4. The number of hydrogen-bond acceptors (Lipinski definition) is 10. The highest BCUT2D eigenvalue weighted by Gasteiger charge is 2.41. The van der Waals surface area contributed by atoms with Gasteiger partial charge in [-0.25, -0.2) is 16.8 Å². The fraction of sp³-hybridized carbons (Fsp3) is 0.438. The zero-order valence-corrected chi connectivity index (χ0v) is 49.5. The molecule has 16 heteroatoms. The number of amides is 4. The van der Waals surface area contributed by atoms with Gasteiger partial charge in [-0.2, -0.15) is 0 Å². The normalized spacial score (nSPS) is 15.5. The lowest BCUT2D eigenvalue weighted by molar-refractivity contribution is -0.134. The molecule has 80 heavy (non-hydrogen) atoms. The minimum absolute atomic E-state index is 0.00332. The number of hydrogen-bond donors (Lipinski definition) is 6. The lowest BCUT2D eigenvalue weighted by Crippen LogP contribution is -2.62. The Morgan fingerprint density at radius 3 is 1.05 bits per heavy atom. The van der Waals surface area contributed by atoms with Crippen molar-refractivity contribution in [3.63, 3.8) is 0 Å². The molecule has 6 aromatic rings. The van der Waals surface area contributed by atoms with Crippen LogP contribution in [0.4, 0.5) is 0 Å². The Hall–Kier alpha value is -6.46. The molecule has 0 heterocycles. The summed E-state index contributed by atoms with van der Waals surface area (Å²) >= 11 is 0. The fourth-order valence-electron chi connectivity index (χ4n) is 9.84. The van der Waals surface area contributed by atoms with Gasteiger partial charge in [0.1, 0.15) is 24.3 Å². The molecule has 6 rings (SSSR count). The summed E-state index contributed by atoms with van der Waals surface area (Å²) in [5.74, 6) is -6.92. The monoisotopic (exact) mass is 1130 g/mol. The summed E-state index contributed by atoms with van der Waals surface area (Å²) in [5.41, 5.74) is 2.92. The summed E-state index contributed by atoms with van der Waals surface area (Å²) < 4.78 is 52.9. The molecule has 0 saturated heterocycles. The lowest BCUT2D eigenvalue weighted by Gasteiger charge is -2.35. The average Bonchev–Trinajstić information content (AvgIpc) is 3.40. The van der Waals surface area contributed by atoms with E-state index in [4.69, 9.17) is 0 Å². The Bertz CT molecular complexity index is 3070. The maximum Gasteiger partial charge on any atom is 0.243 e. The van der Waals surface area contributed by atoms with Gasteiger partial charge < -0.3 is 31.5 Å².